The number of primary amides is 4. The number of carbonyl (C=O) groups is 20. The quantitative estimate of drug-likeness (QED) is 0.0208. The predicted molar refractivity (Wildman–Crippen MR) is 468 cm³/mol. The number of hydrogen-bond acceptors (Lipinski definition) is 22. The first-order chi connectivity index (χ1) is 59.3. The van der Waals surface area contributed by atoms with Gasteiger partial charge in [0.1, 0.15) is 91.2 Å². The van der Waals surface area contributed by atoms with E-state index in [1.165, 1.54) is 34.6 Å². The van der Waals surface area contributed by atoms with Crippen molar-refractivity contribution in [2.75, 3.05) is 6.61 Å². The molecule has 0 saturated carbocycles. The van der Waals surface area contributed by atoms with E-state index in [2.05, 4.69) is 81.4 Å². The maximum Gasteiger partial charge on any atom is 0.329 e. The molecule has 0 aromatic heterocycles. The Kier molecular flexibility index (Phi) is 53.2. The van der Waals surface area contributed by atoms with Crippen molar-refractivity contribution >= 4 is 118 Å². The molecule has 16 unspecified atom stereocenters. The fraction of sp³-hybridized carbons (Fsp3) is 0.744. The lowest BCUT2D eigenvalue weighted by molar-refractivity contribution is -0.152. The summed E-state index contributed by atoms with van der Waals surface area (Å²) in [5, 5.41) is 56.1. The number of rotatable bonds is 51. The first-order valence-electron chi connectivity index (χ1n) is 44.4. The summed E-state index contributed by atoms with van der Waals surface area (Å²) in [5.41, 5.74) is 22.2. The van der Waals surface area contributed by atoms with Crippen LogP contribution in [0.5, 0.6) is 0 Å². The standard InChI is InChI=1S/C86H148N18O23/c1-18-20-21-22-23-24-25-26-52(105)42-68(110)91-58(37-44(3)4)78(118)96-57(31-36-69(111)112)73(113)92-55(29-34-66(89)108)76(116)102-70(49(13)14)84(124)99-62(41-48(11)12)81(121)94-54(28-33-65(88)107)75(115)101-63-43-127-86(126)72(51(17)19-2)104-77(117)56(30-35-67(90)109)95-79(119)59(38-45(5)6)98-82(122)60(39-46(7)8)97-74(114)53(27-32-64(87)106)93-80(120)61(40-47(9)10)100-85(125)71(50(15)16)103-83(63)123/h24-25,44-63,70-72,105H,18-23,26-43H2,1-17H3,(H2,87,106)(H2,88,107)(H2,89,108)(H2,90,109)(H,91,110)(H,92,113)(H,93,120)(H,94,121)(H,95,119)(H,96,118)(H,97,114)(H,98,122)(H,99,124)(H,100,125)(H,101,115)(H,102,116)(H,103,123)(H,104,117)(H,111,112). The molecule has 0 spiro atoms. The Morgan fingerprint density at radius 3 is 1.22 bits per heavy atom. The first-order valence-corrected chi connectivity index (χ1v) is 44.4. The van der Waals surface area contributed by atoms with E-state index in [1.54, 1.807) is 82.2 Å². The number of amides is 18. The number of carbonyl (C=O) groups excluding carboxylic acids is 19. The predicted octanol–water partition coefficient (Wildman–Crippen LogP) is -0.486. The third kappa shape index (κ3) is 46.4. The molecule has 1 heterocycles. The van der Waals surface area contributed by atoms with Gasteiger partial charge in [-0.25, -0.2) is 4.79 Å². The molecule has 0 aromatic rings. The van der Waals surface area contributed by atoms with E-state index in [0.29, 0.717) is 0 Å². The van der Waals surface area contributed by atoms with E-state index in [4.69, 9.17) is 27.7 Å². The van der Waals surface area contributed by atoms with E-state index < -0.39 is 303 Å². The van der Waals surface area contributed by atoms with Crippen LogP contribution in [-0.4, -0.2) is 226 Å². The third-order valence-corrected chi connectivity index (χ3v) is 20.8. The van der Waals surface area contributed by atoms with Crippen LogP contribution in [0.25, 0.3) is 0 Å². The number of allylic oxidation sites excluding steroid dienone is 1. The third-order valence-electron chi connectivity index (χ3n) is 20.8. The second-order valence-corrected chi connectivity index (χ2v) is 35.7. The minimum Gasteiger partial charge on any atom is -0.481 e. The number of ether oxygens (including phenoxy) is 1. The van der Waals surface area contributed by atoms with E-state index in [1.807, 2.05) is 6.08 Å². The van der Waals surface area contributed by atoms with Gasteiger partial charge in [-0.3, -0.25) is 91.1 Å². The van der Waals surface area contributed by atoms with Crippen LogP contribution < -0.4 is 97.4 Å². The summed E-state index contributed by atoms with van der Waals surface area (Å²) < 4.78 is 5.80. The number of hydrogen-bond donors (Lipinski definition) is 20. The molecule has 0 aliphatic carbocycles. The van der Waals surface area contributed by atoms with Crippen molar-refractivity contribution in [3.05, 3.63) is 12.2 Å². The summed E-state index contributed by atoms with van der Waals surface area (Å²) in [6, 6.07) is -23.0. The van der Waals surface area contributed by atoms with Crippen LogP contribution in [0.2, 0.25) is 0 Å². The monoisotopic (exact) mass is 1800 g/mol. The van der Waals surface area contributed by atoms with Gasteiger partial charge in [0.2, 0.25) is 106 Å². The van der Waals surface area contributed by atoms with Crippen LogP contribution in [0.15, 0.2) is 12.2 Å². The number of esters is 1. The highest BCUT2D eigenvalue weighted by molar-refractivity contribution is 6.01. The van der Waals surface area contributed by atoms with Crippen molar-refractivity contribution in [3.8, 4) is 0 Å². The maximum absolute atomic E-state index is 15.1. The van der Waals surface area contributed by atoms with Crippen LogP contribution in [0.3, 0.4) is 0 Å². The van der Waals surface area contributed by atoms with Crippen molar-refractivity contribution in [1.82, 2.24) is 74.4 Å². The lowest BCUT2D eigenvalue weighted by Crippen LogP contribution is -2.62. The number of carboxylic acids is 1. The maximum atomic E-state index is 15.1. The van der Waals surface area contributed by atoms with Crippen molar-refractivity contribution < 1.29 is 111 Å². The summed E-state index contributed by atoms with van der Waals surface area (Å²) in [5.74, 6) is -25.2. The molecule has 1 aliphatic rings. The Hall–Kier alpha value is -10.9. The van der Waals surface area contributed by atoms with Crippen LogP contribution >= 0.6 is 0 Å². The van der Waals surface area contributed by atoms with Crippen molar-refractivity contribution in [2.24, 2.45) is 70.3 Å². The molecule has 127 heavy (non-hydrogen) atoms. The van der Waals surface area contributed by atoms with Gasteiger partial charge in [-0.2, -0.15) is 0 Å². The zero-order valence-corrected chi connectivity index (χ0v) is 77.2. The second-order valence-electron chi connectivity index (χ2n) is 35.7. The number of cyclic esters (lactones) is 1. The Morgan fingerprint density at radius 1 is 0.425 bits per heavy atom. The van der Waals surface area contributed by atoms with E-state index >= 15 is 9.59 Å². The highest BCUT2D eigenvalue weighted by Crippen LogP contribution is 2.19. The lowest BCUT2D eigenvalue weighted by Gasteiger charge is -2.30. The largest absolute Gasteiger partial charge is 0.481 e. The van der Waals surface area contributed by atoms with Crippen LogP contribution in [-0.2, 0) is 101 Å². The highest BCUT2D eigenvalue weighted by atomic mass is 16.5. The summed E-state index contributed by atoms with van der Waals surface area (Å²) >= 11 is 0. The SMILES string of the molecule is CCCCCCC=CCC(O)CC(=O)NC(CC(C)C)C(=O)NC(CCC(=O)O)C(=O)NC(CCC(N)=O)C(=O)NC(C(=O)NC(CC(C)C)C(=O)NC(CCC(N)=O)C(=O)NC1COC(=O)C(C(C)CC)NC(=O)C(CCC(N)=O)NC(=O)C(CC(C)C)NC(=O)C(CC(C)C)NC(=O)C(CCC(N)=O)NC(=O)C(CC(C)C)NC(=O)C(C(C)C)NC1=O)C(C)C. The number of aliphatic hydroxyl groups excluding tert-OH is 1. The van der Waals surface area contributed by atoms with Crippen LogP contribution in [0.4, 0.5) is 0 Å². The molecular formula is C86H148N18O23. The summed E-state index contributed by atoms with van der Waals surface area (Å²) in [7, 11) is 0. The van der Waals surface area contributed by atoms with Gasteiger partial charge in [0.05, 0.1) is 12.5 Å². The molecular weight excluding hydrogens is 1650 g/mol. The molecule has 16 atom stereocenters. The van der Waals surface area contributed by atoms with Crippen molar-refractivity contribution in [1.29, 1.82) is 0 Å². The lowest BCUT2D eigenvalue weighted by atomic mass is 9.97. The highest BCUT2D eigenvalue weighted by Gasteiger charge is 2.42. The van der Waals surface area contributed by atoms with E-state index in [9.17, 15) is 96.5 Å². The molecule has 18 amide bonds. The van der Waals surface area contributed by atoms with Gasteiger partial charge >= 0.3 is 11.9 Å². The zero-order valence-electron chi connectivity index (χ0n) is 77.2. The number of carboxylic acid groups (broad SMARTS) is 1. The van der Waals surface area contributed by atoms with Gasteiger partial charge < -0.3 is 112 Å². The Balaban J connectivity index is 4.21. The number of unbranched alkanes of at least 4 members (excludes halogenated alkanes) is 4. The topological polar surface area (TPSA) is 664 Å². The molecule has 41 nitrogen and oxygen atoms in total. The molecule has 1 fully saturated rings. The Labute approximate surface area is 745 Å². The minimum atomic E-state index is -2.11. The minimum absolute atomic E-state index is 0.0208. The Morgan fingerprint density at radius 2 is 0.811 bits per heavy atom. The van der Waals surface area contributed by atoms with E-state index in [0.717, 1.165) is 32.1 Å². The molecule has 1 saturated heterocycles. The van der Waals surface area contributed by atoms with Crippen molar-refractivity contribution in [3.63, 3.8) is 0 Å². The average molecular weight is 1800 g/mol. The first kappa shape index (κ1) is 114. The van der Waals surface area contributed by atoms with Gasteiger partial charge in [0.25, 0.3) is 0 Å². The number of nitrogens with two attached hydrogens (primary N) is 4. The van der Waals surface area contributed by atoms with Gasteiger partial charge in [-0.1, -0.05) is 156 Å². The normalized spacial score (nSPS) is 20.5. The molecule has 0 aromatic carbocycles. The summed E-state index contributed by atoms with van der Waals surface area (Å²) in [6.45, 7) is 27.2. The zero-order chi connectivity index (χ0) is 96.8. The van der Waals surface area contributed by atoms with Gasteiger partial charge in [-0.15, -0.1) is 0 Å². The Bertz CT molecular complexity index is 3720. The molecule has 24 N–H and O–H groups in total. The number of aliphatic hydroxyl groups is 1. The number of aliphatic carboxylic acids is 1. The molecule has 41 heteroatoms. The fourth-order valence-corrected chi connectivity index (χ4v) is 13.5. The second kappa shape index (κ2) is 59.2. The smallest absolute Gasteiger partial charge is 0.329 e. The molecule has 720 valence electrons. The molecule has 1 aliphatic heterocycles. The molecule has 0 radical (unpaired) electrons. The van der Waals surface area contributed by atoms with Gasteiger partial charge in [0, 0.05) is 32.1 Å². The molecule has 1 rings (SSSR count). The summed E-state index contributed by atoms with van der Waals surface area (Å²) in [6.07, 6.45) is 1.49. The number of nitrogens with one attached hydrogen (secondary N) is 14. The van der Waals surface area contributed by atoms with Crippen LogP contribution in [0.1, 0.15) is 265 Å². The summed E-state index contributed by atoms with van der Waals surface area (Å²) in [4.78, 5) is 280. The van der Waals surface area contributed by atoms with Gasteiger partial charge in [-0.05, 0) is 131 Å². The average Bonchev–Trinajstić information content (AvgIpc) is 1.22. The fourth-order valence-electron chi connectivity index (χ4n) is 13.5. The van der Waals surface area contributed by atoms with Gasteiger partial charge in [0.15, 0.2) is 0 Å². The van der Waals surface area contributed by atoms with Crippen molar-refractivity contribution in [2.45, 2.75) is 356 Å². The van der Waals surface area contributed by atoms with E-state index in [-0.39, 0.29) is 75.0 Å². The molecule has 0 bridgehead atoms. The van der Waals surface area contributed by atoms with Crippen LogP contribution in [0, 0.1) is 47.3 Å².